The zero-order valence-electron chi connectivity index (χ0n) is 13.9. The van der Waals surface area contributed by atoms with Crippen LogP contribution in [0.15, 0.2) is 0 Å². The second kappa shape index (κ2) is 3.87. The quantitative estimate of drug-likeness (QED) is 0.797. The lowest BCUT2D eigenvalue weighted by Crippen LogP contribution is -2.68. The minimum atomic E-state index is 0.485. The van der Waals surface area contributed by atoms with Gasteiger partial charge in [0.25, 0.3) is 0 Å². The van der Waals surface area contributed by atoms with Gasteiger partial charge in [0.15, 0.2) is 0 Å². The molecule has 4 atom stereocenters. The third kappa shape index (κ3) is 1.78. The molecule has 4 unspecified atom stereocenters. The predicted octanol–water partition coefficient (Wildman–Crippen LogP) is 3.69. The van der Waals surface area contributed by atoms with Crippen molar-refractivity contribution < 1.29 is 0 Å². The molecule has 6 aliphatic rings. The fraction of sp³-hybridized carbons (Fsp3) is 1.00. The largest absolute Gasteiger partial charge is 0.328 e. The van der Waals surface area contributed by atoms with Gasteiger partial charge in [-0.05, 0) is 81.0 Å². The molecule has 0 aromatic heterocycles. The average molecular weight is 288 g/mol. The molecule has 0 radical (unpaired) electrons. The van der Waals surface area contributed by atoms with E-state index in [2.05, 4.69) is 18.7 Å². The van der Waals surface area contributed by atoms with Crippen molar-refractivity contribution in [2.45, 2.75) is 102 Å². The van der Waals surface area contributed by atoms with Crippen molar-refractivity contribution in [3.63, 3.8) is 0 Å². The molecule has 2 N–H and O–H groups in total. The van der Waals surface area contributed by atoms with Gasteiger partial charge in [0.2, 0.25) is 0 Å². The third-order valence-electron chi connectivity index (χ3n) is 7.91. The number of nitrogens with zero attached hydrogens (tertiary/aromatic N) is 1. The maximum absolute atomic E-state index is 6.33. The zero-order valence-corrected chi connectivity index (χ0v) is 13.9. The van der Waals surface area contributed by atoms with Crippen molar-refractivity contribution in [2.75, 3.05) is 0 Å². The summed E-state index contributed by atoms with van der Waals surface area (Å²) in [6.45, 7) is 5.23. The molecule has 6 rings (SSSR count). The lowest BCUT2D eigenvalue weighted by Gasteiger charge is -2.69. The molecule has 2 heterocycles. The monoisotopic (exact) mass is 288 g/mol. The Bertz CT molecular complexity index is 440. The van der Waals surface area contributed by atoms with E-state index in [1.807, 2.05) is 0 Å². The van der Waals surface area contributed by atoms with E-state index in [1.54, 1.807) is 0 Å². The van der Waals surface area contributed by atoms with Crippen LogP contribution < -0.4 is 5.73 Å². The van der Waals surface area contributed by atoms with Crippen LogP contribution in [-0.4, -0.2) is 28.6 Å². The first-order chi connectivity index (χ1) is 9.89. The Morgan fingerprint density at radius 2 is 1.43 bits per heavy atom. The maximum atomic E-state index is 6.33. The summed E-state index contributed by atoms with van der Waals surface area (Å²) in [7, 11) is 0. The van der Waals surface area contributed by atoms with Gasteiger partial charge in [-0.25, -0.2) is 0 Å². The molecule has 2 nitrogen and oxygen atoms in total. The highest BCUT2D eigenvalue weighted by molar-refractivity contribution is 5.18. The molecule has 0 spiro atoms. The van der Waals surface area contributed by atoms with Crippen LogP contribution in [0.1, 0.15) is 78.1 Å². The van der Waals surface area contributed by atoms with Crippen LogP contribution in [0.3, 0.4) is 0 Å². The summed E-state index contributed by atoms with van der Waals surface area (Å²) in [6.07, 6.45) is 14.5. The topological polar surface area (TPSA) is 29.3 Å². The minimum absolute atomic E-state index is 0.485. The van der Waals surface area contributed by atoms with Crippen LogP contribution in [0.5, 0.6) is 0 Å². The summed E-state index contributed by atoms with van der Waals surface area (Å²) in [6, 6.07) is 2.13. The van der Waals surface area contributed by atoms with Crippen molar-refractivity contribution in [3.05, 3.63) is 0 Å². The van der Waals surface area contributed by atoms with Gasteiger partial charge in [-0.2, -0.15) is 0 Å². The summed E-state index contributed by atoms with van der Waals surface area (Å²) in [5, 5.41) is 0. The number of rotatable bonds is 1. The lowest BCUT2D eigenvalue weighted by molar-refractivity contribution is -0.179. The van der Waals surface area contributed by atoms with E-state index in [0.29, 0.717) is 22.4 Å². The van der Waals surface area contributed by atoms with Crippen LogP contribution in [0.4, 0.5) is 0 Å². The molecule has 6 fully saturated rings. The summed E-state index contributed by atoms with van der Waals surface area (Å²) in [5.74, 6) is 1.02. The highest BCUT2D eigenvalue weighted by Gasteiger charge is 2.64. The van der Waals surface area contributed by atoms with Crippen LogP contribution >= 0.6 is 0 Å². The van der Waals surface area contributed by atoms with Crippen molar-refractivity contribution in [2.24, 2.45) is 22.5 Å². The zero-order chi connectivity index (χ0) is 14.5. The average Bonchev–Trinajstić information content (AvgIpc) is 2.58. The van der Waals surface area contributed by atoms with Crippen molar-refractivity contribution in [1.82, 2.24) is 4.90 Å². The van der Waals surface area contributed by atoms with Crippen molar-refractivity contribution in [1.29, 1.82) is 0 Å². The van der Waals surface area contributed by atoms with Gasteiger partial charge < -0.3 is 5.73 Å². The smallest absolute Gasteiger partial charge is 0.0228 e. The van der Waals surface area contributed by atoms with Gasteiger partial charge in [0.05, 0.1) is 0 Å². The summed E-state index contributed by atoms with van der Waals surface area (Å²) < 4.78 is 0. The third-order valence-corrected chi connectivity index (χ3v) is 7.91. The molecule has 4 saturated carbocycles. The second-order valence-electron chi connectivity index (χ2n) is 10.4. The molecular weight excluding hydrogens is 256 g/mol. The molecule has 118 valence electrons. The van der Waals surface area contributed by atoms with E-state index < -0.39 is 0 Å². The Hall–Kier alpha value is -0.0800. The SMILES string of the molecule is CC12CC3CC(C)(C1)CC(N1C4CCC1CC(N)C4)(C3)C2. The first-order valence-corrected chi connectivity index (χ1v) is 9.43. The Labute approximate surface area is 129 Å². The lowest BCUT2D eigenvalue weighted by atomic mass is 9.42. The van der Waals surface area contributed by atoms with Crippen LogP contribution in [-0.2, 0) is 0 Å². The Morgan fingerprint density at radius 3 is 1.95 bits per heavy atom. The maximum Gasteiger partial charge on any atom is 0.0228 e. The number of fused-ring (bicyclic) bond motifs is 2. The van der Waals surface area contributed by atoms with E-state index in [1.165, 1.54) is 64.2 Å². The van der Waals surface area contributed by atoms with Crippen molar-refractivity contribution in [3.8, 4) is 0 Å². The predicted molar refractivity (Wildman–Crippen MR) is 86.0 cm³/mol. The van der Waals surface area contributed by atoms with Gasteiger partial charge in [0.1, 0.15) is 0 Å². The number of piperidine rings is 1. The van der Waals surface area contributed by atoms with Crippen LogP contribution in [0.25, 0.3) is 0 Å². The highest BCUT2D eigenvalue weighted by atomic mass is 15.3. The Kier molecular flexibility index (Phi) is 2.46. The fourth-order valence-corrected chi connectivity index (χ4v) is 8.67. The van der Waals surface area contributed by atoms with Crippen LogP contribution in [0, 0.1) is 16.7 Å². The van der Waals surface area contributed by atoms with E-state index in [-0.39, 0.29) is 0 Å². The van der Waals surface area contributed by atoms with E-state index in [4.69, 9.17) is 5.73 Å². The molecule has 0 amide bonds. The molecular formula is C19H32N2. The summed E-state index contributed by atoms with van der Waals surface area (Å²) >= 11 is 0. The van der Waals surface area contributed by atoms with Crippen molar-refractivity contribution >= 4 is 0 Å². The molecule has 6 bridgehead atoms. The Morgan fingerprint density at radius 1 is 0.857 bits per heavy atom. The van der Waals surface area contributed by atoms with Gasteiger partial charge in [0, 0.05) is 23.7 Å². The molecule has 0 aromatic rings. The molecule has 4 aliphatic carbocycles. The van der Waals surface area contributed by atoms with Gasteiger partial charge in [-0.3, -0.25) is 4.90 Å². The molecule has 0 aromatic carbocycles. The number of nitrogens with two attached hydrogens (primary N) is 1. The molecule has 2 heteroatoms. The molecule has 2 aliphatic heterocycles. The first kappa shape index (κ1) is 13.4. The summed E-state index contributed by atoms with van der Waals surface area (Å²) in [4.78, 5) is 3.07. The van der Waals surface area contributed by atoms with Gasteiger partial charge >= 0.3 is 0 Å². The normalized spacial score (nSPS) is 62.4. The second-order valence-corrected chi connectivity index (χ2v) is 10.4. The standard InChI is InChI=1S/C19H32N2/c1-17-7-13-8-18(2,10-17)12-19(9-13,11-17)21-15-3-4-16(21)6-14(20)5-15/h13-16H,3-12,20H2,1-2H3. The van der Waals surface area contributed by atoms with E-state index >= 15 is 0 Å². The minimum Gasteiger partial charge on any atom is -0.328 e. The Balaban J connectivity index is 1.54. The van der Waals surface area contributed by atoms with Gasteiger partial charge in [-0.1, -0.05) is 13.8 Å². The van der Waals surface area contributed by atoms with Crippen LogP contribution in [0.2, 0.25) is 0 Å². The first-order valence-electron chi connectivity index (χ1n) is 9.43. The number of hydrogen-bond acceptors (Lipinski definition) is 2. The fourth-order valence-electron chi connectivity index (χ4n) is 8.67. The van der Waals surface area contributed by atoms with E-state index in [0.717, 1.165) is 18.0 Å². The van der Waals surface area contributed by atoms with E-state index in [9.17, 15) is 0 Å². The number of hydrogen-bond donors (Lipinski definition) is 1. The molecule has 21 heavy (non-hydrogen) atoms. The molecule has 2 saturated heterocycles. The van der Waals surface area contributed by atoms with Gasteiger partial charge in [-0.15, -0.1) is 0 Å². The summed E-state index contributed by atoms with van der Waals surface area (Å²) in [5.41, 5.74) is 8.19. The highest BCUT2D eigenvalue weighted by Crippen LogP contribution is 2.69.